The highest BCUT2D eigenvalue weighted by Gasteiger charge is 2.09. The number of nitrogens with zero attached hydrogens (tertiary/aromatic N) is 2. The Hall–Kier alpha value is -1.32. The molecular weight excluding hydrogens is 202 g/mol. The van der Waals surface area contributed by atoms with Crippen LogP contribution in [0.2, 0.25) is 0 Å². The molecule has 1 N–H and O–H groups in total. The van der Waals surface area contributed by atoms with E-state index in [1.165, 1.54) is 0 Å². The molecule has 1 heterocycles. The van der Waals surface area contributed by atoms with Gasteiger partial charge in [0.2, 0.25) is 11.8 Å². The second-order valence-corrected chi connectivity index (χ2v) is 4.56. The zero-order chi connectivity index (χ0) is 12.1. The van der Waals surface area contributed by atoms with Gasteiger partial charge in [-0.25, -0.2) is 4.98 Å². The Balaban J connectivity index is 2.67. The fourth-order valence-corrected chi connectivity index (χ4v) is 1.09. The van der Waals surface area contributed by atoms with Gasteiger partial charge in [0.25, 0.3) is 0 Å². The molecular formula is C12H21N3O. The third-order valence-electron chi connectivity index (χ3n) is 2.34. The first-order chi connectivity index (χ1) is 7.49. The van der Waals surface area contributed by atoms with Gasteiger partial charge in [-0.15, -0.1) is 0 Å². The Morgan fingerprint density at radius 3 is 2.44 bits per heavy atom. The van der Waals surface area contributed by atoms with Crippen LogP contribution in [0.1, 0.15) is 34.6 Å². The maximum absolute atomic E-state index is 5.51. The van der Waals surface area contributed by atoms with Gasteiger partial charge in [0.05, 0.1) is 6.10 Å². The maximum atomic E-state index is 5.51. The second kappa shape index (κ2) is 5.68. The molecule has 0 amide bonds. The fraction of sp³-hybridized carbons (Fsp3) is 0.667. The minimum Gasteiger partial charge on any atom is -0.475 e. The third-order valence-corrected chi connectivity index (χ3v) is 2.34. The summed E-state index contributed by atoms with van der Waals surface area (Å²) in [5.41, 5.74) is 0. The molecule has 0 aliphatic rings. The van der Waals surface area contributed by atoms with E-state index in [-0.39, 0.29) is 6.10 Å². The fourth-order valence-electron chi connectivity index (χ4n) is 1.09. The number of ether oxygens (including phenoxy) is 1. The number of rotatable bonds is 5. The van der Waals surface area contributed by atoms with E-state index in [1.54, 1.807) is 12.3 Å². The topological polar surface area (TPSA) is 47.0 Å². The molecule has 90 valence electrons. The lowest BCUT2D eigenvalue weighted by atomic mass is 10.1. The van der Waals surface area contributed by atoms with Crippen LogP contribution < -0.4 is 10.1 Å². The van der Waals surface area contributed by atoms with Crippen LogP contribution in [-0.2, 0) is 0 Å². The molecule has 1 aromatic rings. The summed E-state index contributed by atoms with van der Waals surface area (Å²) >= 11 is 0. The molecule has 1 rings (SSSR count). The van der Waals surface area contributed by atoms with E-state index in [0.29, 0.717) is 23.8 Å². The van der Waals surface area contributed by atoms with Gasteiger partial charge in [-0.2, -0.15) is 4.98 Å². The molecule has 4 heteroatoms. The van der Waals surface area contributed by atoms with Gasteiger partial charge in [0.1, 0.15) is 0 Å². The van der Waals surface area contributed by atoms with Crippen LogP contribution in [0.3, 0.4) is 0 Å². The summed E-state index contributed by atoms with van der Waals surface area (Å²) < 4.78 is 5.51. The van der Waals surface area contributed by atoms with Crippen LogP contribution in [-0.4, -0.2) is 22.1 Å². The predicted octanol–water partition coefficient (Wildman–Crippen LogP) is 2.72. The highest BCUT2D eigenvalue weighted by atomic mass is 16.5. The van der Waals surface area contributed by atoms with Gasteiger partial charge in [-0.3, -0.25) is 0 Å². The van der Waals surface area contributed by atoms with Crippen molar-refractivity contribution in [1.29, 1.82) is 0 Å². The van der Waals surface area contributed by atoms with E-state index in [2.05, 4.69) is 36.1 Å². The molecule has 0 fully saturated rings. The van der Waals surface area contributed by atoms with E-state index < -0.39 is 0 Å². The standard InChI is InChI=1S/C12H21N3O/c1-8(2)10(5)14-12-13-7-6-11(15-12)16-9(3)4/h6-10H,1-5H3,(H,13,14,15). The maximum Gasteiger partial charge on any atom is 0.226 e. The average molecular weight is 223 g/mol. The van der Waals surface area contributed by atoms with Crippen LogP contribution in [0.15, 0.2) is 12.3 Å². The normalized spacial score (nSPS) is 12.9. The molecule has 1 atom stereocenters. The average Bonchev–Trinajstić information content (AvgIpc) is 2.16. The van der Waals surface area contributed by atoms with Crippen LogP contribution in [0.4, 0.5) is 5.95 Å². The lowest BCUT2D eigenvalue weighted by Gasteiger charge is -2.17. The number of anilines is 1. The molecule has 0 aromatic carbocycles. The van der Waals surface area contributed by atoms with Gasteiger partial charge in [-0.1, -0.05) is 13.8 Å². The lowest BCUT2D eigenvalue weighted by Crippen LogP contribution is -2.23. The molecule has 0 bridgehead atoms. The molecule has 0 saturated carbocycles. The molecule has 4 nitrogen and oxygen atoms in total. The van der Waals surface area contributed by atoms with Crippen molar-refractivity contribution in [2.24, 2.45) is 5.92 Å². The minimum absolute atomic E-state index is 0.130. The molecule has 16 heavy (non-hydrogen) atoms. The summed E-state index contributed by atoms with van der Waals surface area (Å²) in [6.45, 7) is 10.4. The van der Waals surface area contributed by atoms with Gasteiger partial charge in [-0.05, 0) is 26.7 Å². The van der Waals surface area contributed by atoms with Crippen molar-refractivity contribution in [3.63, 3.8) is 0 Å². The Kier molecular flexibility index (Phi) is 4.52. The van der Waals surface area contributed by atoms with Crippen molar-refractivity contribution in [2.45, 2.75) is 46.8 Å². The van der Waals surface area contributed by atoms with E-state index in [0.717, 1.165) is 0 Å². The van der Waals surface area contributed by atoms with Crippen molar-refractivity contribution < 1.29 is 4.74 Å². The van der Waals surface area contributed by atoms with Crippen molar-refractivity contribution in [3.05, 3.63) is 12.3 Å². The quantitative estimate of drug-likeness (QED) is 0.833. The molecule has 1 unspecified atom stereocenters. The molecule has 0 aliphatic carbocycles. The van der Waals surface area contributed by atoms with Crippen LogP contribution in [0.5, 0.6) is 5.88 Å². The molecule has 0 aliphatic heterocycles. The van der Waals surface area contributed by atoms with Crippen molar-refractivity contribution in [3.8, 4) is 5.88 Å². The Morgan fingerprint density at radius 1 is 1.19 bits per heavy atom. The van der Waals surface area contributed by atoms with Crippen molar-refractivity contribution in [2.75, 3.05) is 5.32 Å². The summed E-state index contributed by atoms with van der Waals surface area (Å²) in [5, 5.41) is 3.25. The first-order valence-corrected chi connectivity index (χ1v) is 5.75. The van der Waals surface area contributed by atoms with Crippen LogP contribution >= 0.6 is 0 Å². The Bertz CT molecular complexity index is 326. The monoisotopic (exact) mass is 223 g/mol. The summed E-state index contributed by atoms with van der Waals surface area (Å²) in [6.07, 6.45) is 1.84. The second-order valence-electron chi connectivity index (χ2n) is 4.56. The highest BCUT2D eigenvalue weighted by Crippen LogP contribution is 2.12. The first kappa shape index (κ1) is 12.7. The number of hydrogen-bond acceptors (Lipinski definition) is 4. The zero-order valence-electron chi connectivity index (χ0n) is 10.7. The minimum atomic E-state index is 0.130. The SMILES string of the molecule is CC(C)Oc1ccnc(NC(C)C(C)C)n1. The molecule has 0 spiro atoms. The number of nitrogens with one attached hydrogen (secondary N) is 1. The van der Waals surface area contributed by atoms with Crippen LogP contribution in [0.25, 0.3) is 0 Å². The Morgan fingerprint density at radius 2 is 1.88 bits per heavy atom. The van der Waals surface area contributed by atoms with Gasteiger partial charge < -0.3 is 10.1 Å². The van der Waals surface area contributed by atoms with Gasteiger partial charge in [0, 0.05) is 18.3 Å². The summed E-state index contributed by atoms with van der Waals surface area (Å²) in [7, 11) is 0. The highest BCUT2D eigenvalue weighted by molar-refractivity contribution is 5.28. The number of hydrogen-bond donors (Lipinski definition) is 1. The lowest BCUT2D eigenvalue weighted by molar-refractivity contribution is 0.232. The van der Waals surface area contributed by atoms with Crippen LogP contribution in [0, 0.1) is 5.92 Å². The summed E-state index contributed by atoms with van der Waals surface area (Å²) in [5.74, 6) is 1.78. The van der Waals surface area contributed by atoms with E-state index in [1.807, 2.05) is 13.8 Å². The molecule has 0 saturated heterocycles. The molecule has 1 aromatic heterocycles. The smallest absolute Gasteiger partial charge is 0.226 e. The number of aromatic nitrogens is 2. The zero-order valence-corrected chi connectivity index (χ0v) is 10.7. The Labute approximate surface area is 97.5 Å². The first-order valence-electron chi connectivity index (χ1n) is 5.75. The summed E-state index contributed by atoms with van der Waals surface area (Å²) in [6, 6.07) is 2.11. The summed E-state index contributed by atoms with van der Waals surface area (Å²) in [4.78, 5) is 8.46. The van der Waals surface area contributed by atoms with E-state index in [4.69, 9.17) is 4.74 Å². The van der Waals surface area contributed by atoms with Crippen molar-refractivity contribution in [1.82, 2.24) is 9.97 Å². The third kappa shape index (κ3) is 4.04. The van der Waals surface area contributed by atoms with Gasteiger partial charge in [0.15, 0.2) is 0 Å². The molecule has 0 radical (unpaired) electrons. The van der Waals surface area contributed by atoms with E-state index >= 15 is 0 Å². The van der Waals surface area contributed by atoms with Gasteiger partial charge >= 0.3 is 0 Å². The van der Waals surface area contributed by atoms with E-state index in [9.17, 15) is 0 Å². The predicted molar refractivity (Wildman–Crippen MR) is 65.7 cm³/mol. The van der Waals surface area contributed by atoms with Crippen molar-refractivity contribution >= 4 is 5.95 Å². The largest absolute Gasteiger partial charge is 0.475 e.